The number of nitrogens with zero attached hydrogens (tertiary/aromatic N) is 2. The van der Waals surface area contributed by atoms with Crippen molar-refractivity contribution < 1.29 is 0 Å². The first-order valence-corrected chi connectivity index (χ1v) is 5.96. The topological polar surface area (TPSA) is 41.6 Å². The van der Waals surface area contributed by atoms with Crippen LogP contribution in [-0.4, -0.2) is 21.2 Å². The molecule has 1 aromatic heterocycles. The minimum atomic E-state index is 0.975. The van der Waals surface area contributed by atoms with Gasteiger partial charge in [-0.3, -0.25) is 0 Å². The van der Waals surface area contributed by atoms with Gasteiger partial charge in [0.2, 0.25) is 0 Å². The third kappa shape index (κ3) is 3.40. The molecule has 3 nitrogen and oxygen atoms in total. The fourth-order valence-corrected chi connectivity index (χ4v) is 2.09. The van der Waals surface area contributed by atoms with Crippen molar-refractivity contribution in [1.82, 2.24) is 15.4 Å². The van der Waals surface area contributed by atoms with Crippen molar-refractivity contribution in [3.63, 3.8) is 0 Å². The van der Waals surface area contributed by atoms with E-state index in [0.29, 0.717) is 0 Å². The van der Waals surface area contributed by atoms with Gasteiger partial charge in [0.05, 0.1) is 6.20 Å². The van der Waals surface area contributed by atoms with Crippen LogP contribution in [0.2, 0.25) is 0 Å². The highest BCUT2D eigenvalue weighted by molar-refractivity contribution is 7.99. The molecule has 0 saturated carbocycles. The summed E-state index contributed by atoms with van der Waals surface area (Å²) >= 11 is 1.74. The Labute approximate surface area is 93.3 Å². The highest BCUT2D eigenvalue weighted by Crippen LogP contribution is 2.15. The standard InChI is InChI=1S/C11H13N3S/c1-2-5-10(6-3-1)7-4-8-15-11-9-12-14-13-11/h1-3,5-6,9H,4,7-8H2,(H,12,13,14). The molecule has 0 bridgehead atoms. The fourth-order valence-electron chi connectivity index (χ4n) is 1.36. The summed E-state index contributed by atoms with van der Waals surface area (Å²) in [5.74, 6) is 1.08. The quantitative estimate of drug-likeness (QED) is 0.620. The number of aryl methyl sites for hydroxylation is 1. The van der Waals surface area contributed by atoms with Gasteiger partial charge in [-0.05, 0) is 24.2 Å². The van der Waals surface area contributed by atoms with Gasteiger partial charge in [-0.25, -0.2) is 0 Å². The average molecular weight is 219 g/mol. The van der Waals surface area contributed by atoms with Crippen molar-refractivity contribution in [2.75, 3.05) is 5.75 Å². The van der Waals surface area contributed by atoms with Gasteiger partial charge in [-0.1, -0.05) is 30.3 Å². The first-order valence-electron chi connectivity index (χ1n) is 4.97. The van der Waals surface area contributed by atoms with Crippen LogP contribution in [-0.2, 0) is 6.42 Å². The smallest absolute Gasteiger partial charge is 0.138 e. The molecule has 78 valence electrons. The zero-order valence-corrected chi connectivity index (χ0v) is 9.20. The van der Waals surface area contributed by atoms with Crippen LogP contribution in [0.25, 0.3) is 0 Å². The lowest BCUT2D eigenvalue weighted by atomic mass is 10.1. The van der Waals surface area contributed by atoms with Crippen molar-refractivity contribution in [2.45, 2.75) is 17.9 Å². The first kappa shape index (κ1) is 10.2. The average Bonchev–Trinajstić information content (AvgIpc) is 2.79. The third-order valence-corrected chi connectivity index (χ3v) is 3.08. The number of hydrogen-bond acceptors (Lipinski definition) is 3. The van der Waals surface area contributed by atoms with Crippen LogP contribution in [0.5, 0.6) is 0 Å². The highest BCUT2D eigenvalue weighted by atomic mass is 32.2. The number of aromatic amines is 1. The van der Waals surface area contributed by atoms with Crippen molar-refractivity contribution in [2.24, 2.45) is 0 Å². The molecule has 0 aliphatic heterocycles. The fraction of sp³-hybridized carbons (Fsp3) is 0.273. The van der Waals surface area contributed by atoms with E-state index in [1.54, 1.807) is 18.0 Å². The Morgan fingerprint density at radius 1 is 1.20 bits per heavy atom. The molecule has 0 aliphatic carbocycles. The molecule has 15 heavy (non-hydrogen) atoms. The van der Waals surface area contributed by atoms with E-state index in [2.05, 4.69) is 39.7 Å². The van der Waals surface area contributed by atoms with Crippen LogP contribution < -0.4 is 0 Å². The Bertz CT molecular complexity index is 372. The van der Waals surface area contributed by atoms with Gasteiger partial charge in [-0.15, -0.1) is 16.9 Å². The van der Waals surface area contributed by atoms with E-state index < -0.39 is 0 Å². The highest BCUT2D eigenvalue weighted by Gasteiger charge is 1.97. The van der Waals surface area contributed by atoms with Crippen LogP contribution in [0.4, 0.5) is 0 Å². The third-order valence-electron chi connectivity index (χ3n) is 2.10. The maximum Gasteiger partial charge on any atom is 0.138 e. The van der Waals surface area contributed by atoms with Gasteiger partial charge in [0.15, 0.2) is 0 Å². The lowest BCUT2D eigenvalue weighted by Gasteiger charge is -1.99. The Balaban J connectivity index is 1.68. The molecule has 0 spiro atoms. The number of aromatic nitrogens is 3. The van der Waals surface area contributed by atoms with Crippen LogP contribution in [0.1, 0.15) is 12.0 Å². The van der Waals surface area contributed by atoms with E-state index in [4.69, 9.17) is 0 Å². The summed E-state index contributed by atoms with van der Waals surface area (Å²) in [6.45, 7) is 0. The predicted octanol–water partition coefficient (Wildman–Crippen LogP) is 2.53. The molecule has 0 unspecified atom stereocenters. The molecule has 4 heteroatoms. The molecule has 0 radical (unpaired) electrons. The molecular weight excluding hydrogens is 206 g/mol. The Kier molecular flexibility index (Phi) is 3.79. The Morgan fingerprint density at radius 2 is 2.07 bits per heavy atom. The van der Waals surface area contributed by atoms with Gasteiger partial charge in [0, 0.05) is 0 Å². The number of H-pyrrole nitrogens is 1. The van der Waals surface area contributed by atoms with Gasteiger partial charge >= 0.3 is 0 Å². The molecular formula is C11H13N3S. The largest absolute Gasteiger partial charge is 0.197 e. The van der Waals surface area contributed by atoms with E-state index in [0.717, 1.165) is 17.2 Å². The second-order valence-electron chi connectivity index (χ2n) is 3.25. The lowest BCUT2D eigenvalue weighted by molar-refractivity contribution is 0.905. The van der Waals surface area contributed by atoms with Crippen LogP contribution >= 0.6 is 11.8 Å². The van der Waals surface area contributed by atoms with Crippen LogP contribution in [0.3, 0.4) is 0 Å². The summed E-state index contributed by atoms with van der Waals surface area (Å²) < 4.78 is 0. The SMILES string of the molecule is c1ccc(CCCSc2cn[nH]n2)cc1. The van der Waals surface area contributed by atoms with E-state index >= 15 is 0 Å². The summed E-state index contributed by atoms with van der Waals surface area (Å²) in [5.41, 5.74) is 1.40. The zero-order chi connectivity index (χ0) is 10.3. The molecule has 2 rings (SSSR count). The van der Waals surface area contributed by atoms with Crippen LogP contribution in [0.15, 0.2) is 41.6 Å². The number of nitrogens with one attached hydrogen (secondary N) is 1. The number of rotatable bonds is 5. The Hall–Kier alpha value is -1.29. The molecule has 0 amide bonds. The van der Waals surface area contributed by atoms with Gasteiger partial charge in [0.1, 0.15) is 5.03 Å². The summed E-state index contributed by atoms with van der Waals surface area (Å²) in [4.78, 5) is 0. The van der Waals surface area contributed by atoms with Gasteiger partial charge in [0.25, 0.3) is 0 Å². The van der Waals surface area contributed by atoms with Crippen molar-refractivity contribution in [1.29, 1.82) is 0 Å². The summed E-state index contributed by atoms with van der Waals surface area (Å²) in [5, 5.41) is 11.3. The molecule has 0 atom stereocenters. The summed E-state index contributed by atoms with van der Waals surface area (Å²) in [7, 11) is 0. The molecule has 0 fully saturated rings. The molecule has 1 heterocycles. The van der Waals surface area contributed by atoms with Crippen molar-refractivity contribution >= 4 is 11.8 Å². The van der Waals surface area contributed by atoms with Crippen molar-refractivity contribution in [3.05, 3.63) is 42.1 Å². The van der Waals surface area contributed by atoms with E-state index in [-0.39, 0.29) is 0 Å². The minimum absolute atomic E-state index is 0.975. The van der Waals surface area contributed by atoms with E-state index in [1.807, 2.05) is 6.07 Å². The molecule has 0 saturated heterocycles. The summed E-state index contributed by atoms with van der Waals surface area (Å²) in [6, 6.07) is 10.6. The second-order valence-corrected chi connectivity index (χ2v) is 4.36. The lowest BCUT2D eigenvalue weighted by Crippen LogP contribution is -1.87. The predicted molar refractivity (Wildman–Crippen MR) is 61.9 cm³/mol. The van der Waals surface area contributed by atoms with Gasteiger partial charge < -0.3 is 0 Å². The maximum atomic E-state index is 3.99. The zero-order valence-electron chi connectivity index (χ0n) is 8.39. The maximum absolute atomic E-state index is 3.99. The van der Waals surface area contributed by atoms with Crippen molar-refractivity contribution in [3.8, 4) is 0 Å². The second kappa shape index (κ2) is 5.56. The van der Waals surface area contributed by atoms with Gasteiger partial charge in [-0.2, -0.15) is 10.3 Å². The number of thioether (sulfide) groups is 1. The normalized spacial score (nSPS) is 10.4. The molecule has 0 aliphatic rings. The Morgan fingerprint density at radius 3 is 2.80 bits per heavy atom. The number of benzene rings is 1. The molecule has 2 aromatic rings. The van der Waals surface area contributed by atoms with Crippen LogP contribution in [0, 0.1) is 0 Å². The molecule has 1 aromatic carbocycles. The summed E-state index contributed by atoms with van der Waals surface area (Å²) in [6.07, 6.45) is 4.06. The minimum Gasteiger partial charge on any atom is -0.197 e. The first-order chi connectivity index (χ1) is 7.45. The molecule has 1 N–H and O–H groups in total. The number of hydrogen-bond donors (Lipinski definition) is 1. The monoisotopic (exact) mass is 219 g/mol. The van der Waals surface area contributed by atoms with E-state index in [9.17, 15) is 0 Å². The van der Waals surface area contributed by atoms with E-state index in [1.165, 1.54) is 12.0 Å².